The molecule has 2 fully saturated rings. The molecule has 1 saturated carbocycles. The summed E-state index contributed by atoms with van der Waals surface area (Å²) < 4.78 is 16.9. The zero-order valence-corrected chi connectivity index (χ0v) is 16.2. The zero-order valence-electron chi connectivity index (χ0n) is 16.2. The first-order valence-electron chi connectivity index (χ1n) is 10.1. The Morgan fingerprint density at radius 2 is 2.00 bits per heavy atom. The highest BCUT2D eigenvalue weighted by Crippen LogP contribution is 2.41. The van der Waals surface area contributed by atoms with E-state index in [-0.39, 0.29) is 18.1 Å². The van der Waals surface area contributed by atoms with Gasteiger partial charge in [-0.25, -0.2) is 0 Å². The zero-order chi connectivity index (χ0) is 19.3. The SMILES string of the molecule is CCOc1cccc([C@@H]2C[C@@H]2NC(=O)c2ccc(OC[C@H]3CCCO3)cc2)c1. The number of nitrogens with one attached hydrogen (secondary N) is 1. The molecule has 1 aliphatic carbocycles. The van der Waals surface area contributed by atoms with Crippen LogP contribution in [0.4, 0.5) is 0 Å². The van der Waals surface area contributed by atoms with Crippen LogP contribution in [0, 0.1) is 0 Å². The van der Waals surface area contributed by atoms with Gasteiger partial charge < -0.3 is 19.5 Å². The van der Waals surface area contributed by atoms with Gasteiger partial charge in [-0.3, -0.25) is 4.79 Å². The maximum Gasteiger partial charge on any atom is 0.251 e. The van der Waals surface area contributed by atoms with Gasteiger partial charge in [0.15, 0.2) is 0 Å². The average Bonchev–Trinajstić information content (AvgIpc) is 3.28. The second kappa shape index (κ2) is 8.65. The molecule has 2 aliphatic rings. The van der Waals surface area contributed by atoms with E-state index in [0.29, 0.717) is 24.7 Å². The normalized spacial score (nSPS) is 23.2. The van der Waals surface area contributed by atoms with Crippen LogP contribution in [0.15, 0.2) is 48.5 Å². The average molecular weight is 381 g/mol. The number of rotatable bonds is 8. The Morgan fingerprint density at radius 1 is 1.14 bits per heavy atom. The van der Waals surface area contributed by atoms with Gasteiger partial charge in [-0.15, -0.1) is 0 Å². The molecule has 1 aliphatic heterocycles. The summed E-state index contributed by atoms with van der Waals surface area (Å²) in [4.78, 5) is 12.5. The lowest BCUT2D eigenvalue weighted by Crippen LogP contribution is -2.26. The van der Waals surface area contributed by atoms with E-state index in [0.717, 1.165) is 37.4 Å². The Bertz CT molecular complexity index is 799. The van der Waals surface area contributed by atoms with Crippen molar-refractivity contribution in [1.82, 2.24) is 5.32 Å². The lowest BCUT2D eigenvalue weighted by Gasteiger charge is -2.12. The Balaban J connectivity index is 1.27. The van der Waals surface area contributed by atoms with Gasteiger partial charge in [0.25, 0.3) is 5.91 Å². The van der Waals surface area contributed by atoms with Crippen LogP contribution in [-0.4, -0.2) is 37.9 Å². The lowest BCUT2D eigenvalue weighted by atomic mass is 10.1. The molecule has 1 amide bonds. The molecule has 3 atom stereocenters. The van der Waals surface area contributed by atoms with Crippen LogP contribution in [0.5, 0.6) is 11.5 Å². The summed E-state index contributed by atoms with van der Waals surface area (Å²) in [7, 11) is 0. The van der Waals surface area contributed by atoms with Crippen molar-refractivity contribution in [2.75, 3.05) is 19.8 Å². The van der Waals surface area contributed by atoms with Crippen LogP contribution in [-0.2, 0) is 4.74 Å². The second-order valence-electron chi connectivity index (χ2n) is 7.40. The summed E-state index contributed by atoms with van der Waals surface area (Å²) in [6.45, 7) is 4.02. The molecular formula is C23H27NO4. The van der Waals surface area contributed by atoms with Gasteiger partial charge in [0.1, 0.15) is 18.1 Å². The number of carbonyl (C=O) groups is 1. The first kappa shape index (κ1) is 18.8. The van der Waals surface area contributed by atoms with E-state index in [1.165, 1.54) is 5.56 Å². The first-order valence-corrected chi connectivity index (χ1v) is 10.1. The predicted molar refractivity (Wildman–Crippen MR) is 107 cm³/mol. The van der Waals surface area contributed by atoms with E-state index in [9.17, 15) is 4.79 Å². The summed E-state index contributed by atoms with van der Waals surface area (Å²) in [5, 5.41) is 3.13. The molecule has 28 heavy (non-hydrogen) atoms. The van der Waals surface area contributed by atoms with E-state index in [2.05, 4.69) is 17.4 Å². The molecule has 1 heterocycles. The van der Waals surface area contributed by atoms with E-state index in [1.807, 2.05) is 43.3 Å². The summed E-state index contributed by atoms with van der Waals surface area (Å²) in [6, 6.07) is 15.6. The van der Waals surface area contributed by atoms with Crippen molar-refractivity contribution >= 4 is 5.91 Å². The standard InChI is InChI=1S/C23H27NO4/c1-2-26-19-6-3-5-17(13-19)21-14-22(21)24-23(25)16-8-10-18(11-9-16)28-15-20-7-4-12-27-20/h3,5-6,8-11,13,20-22H,2,4,7,12,14-15H2,1H3,(H,24,25)/t20-,21+,22+/m1/s1. The Kier molecular flexibility index (Phi) is 5.81. The van der Waals surface area contributed by atoms with Gasteiger partial charge in [-0.1, -0.05) is 12.1 Å². The van der Waals surface area contributed by atoms with Crippen LogP contribution < -0.4 is 14.8 Å². The maximum absolute atomic E-state index is 12.5. The second-order valence-corrected chi connectivity index (χ2v) is 7.40. The fourth-order valence-corrected chi connectivity index (χ4v) is 3.64. The van der Waals surface area contributed by atoms with E-state index in [4.69, 9.17) is 14.2 Å². The quantitative estimate of drug-likeness (QED) is 0.753. The van der Waals surface area contributed by atoms with Gasteiger partial charge in [0.2, 0.25) is 0 Å². The fraction of sp³-hybridized carbons (Fsp3) is 0.435. The Labute approximate surface area is 166 Å². The van der Waals surface area contributed by atoms with E-state index >= 15 is 0 Å². The predicted octanol–water partition coefficient (Wildman–Crippen LogP) is 3.93. The van der Waals surface area contributed by atoms with Crippen molar-refractivity contribution in [3.05, 3.63) is 59.7 Å². The third kappa shape index (κ3) is 4.65. The molecule has 0 spiro atoms. The minimum atomic E-state index is -0.0425. The van der Waals surface area contributed by atoms with Gasteiger partial charge in [-0.2, -0.15) is 0 Å². The molecule has 1 saturated heterocycles. The van der Waals surface area contributed by atoms with Crippen LogP contribution in [0.2, 0.25) is 0 Å². The minimum absolute atomic E-state index is 0.0425. The molecule has 148 valence electrons. The molecule has 4 rings (SSSR count). The molecule has 0 bridgehead atoms. The van der Waals surface area contributed by atoms with Crippen LogP contribution in [0.25, 0.3) is 0 Å². The molecule has 0 radical (unpaired) electrons. The number of amides is 1. The lowest BCUT2D eigenvalue weighted by molar-refractivity contribution is 0.0679. The summed E-state index contributed by atoms with van der Waals surface area (Å²) in [5.41, 5.74) is 1.87. The summed E-state index contributed by atoms with van der Waals surface area (Å²) >= 11 is 0. The van der Waals surface area contributed by atoms with Crippen molar-refractivity contribution in [1.29, 1.82) is 0 Å². The van der Waals surface area contributed by atoms with Crippen LogP contribution in [0.1, 0.15) is 48.0 Å². The Morgan fingerprint density at radius 3 is 2.75 bits per heavy atom. The molecule has 5 heteroatoms. The van der Waals surface area contributed by atoms with Crippen molar-refractivity contribution in [3.8, 4) is 11.5 Å². The topological polar surface area (TPSA) is 56.8 Å². The largest absolute Gasteiger partial charge is 0.494 e. The fourth-order valence-electron chi connectivity index (χ4n) is 3.64. The molecule has 0 unspecified atom stereocenters. The smallest absolute Gasteiger partial charge is 0.251 e. The summed E-state index contributed by atoms with van der Waals surface area (Å²) in [5.74, 6) is 1.97. The van der Waals surface area contributed by atoms with Gasteiger partial charge in [-0.05, 0) is 68.1 Å². The molecule has 2 aromatic rings. The van der Waals surface area contributed by atoms with Gasteiger partial charge >= 0.3 is 0 Å². The van der Waals surface area contributed by atoms with E-state index in [1.54, 1.807) is 0 Å². The number of hydrogen-bond acceptors (Lipinski definition) is 4. The van der Waals surface area contributed by atoms with Gasteiger partial charge in [0, 0.05) is 24.1 Å². The highest BCUT2D eigenvalue weighted by Gasteiger charge is 2.39. The maximum atomic E-state index is 12.5. The molecular weight excluding hydrogens is 354 g/mol. The number of ether oxygens (including phenoxy) is 3. The molecule has 1 N–H and O–H groups in total. The van der Waals surface area contributed by atoms with Crippen molar-refractivity contribution in [2.24, 2.45) is 0 Å². The highest BCUT2D eigenvalue weighted by atomic mass is 16.5. The van der Waals surface area contributed by atoms with Gasteiger partial charge in [0.05, 0.1) is 12.7 Å². The first-order chi connectivity index (χ1) is 13.7. The highest BCUT2D eigenvalue weighted by molar-refractivity contribution is 5.94. The molecule has 5 nitrogen and oxygen atoms in total. The Hall–Kier alpha value is -2.53. The third-order valence-electron chi connectivity index (χ3n) is 5.28. The molecule has 0 aromatic heterocycles. The third-order valence-corrected chi connectivity index (χ3v) is 5.28. The summed E-state index contributed by atoms with van der Waals surface area (Å²) in [6.07, 6.45) is 3.31. The van der Waals surface area contributed by atoms with Crippen LogP contribution in [0.3, 0.4) is 0 Å². The van der Waals surface area contributed by atoms with Crippen molar-refractivity contribution < 1.29 is 19.0 Å². The van der Waals surface area contributed by atoms with Crippen LogP contribution >= 0.6 is 0 Å². The minimum Gasteiger partial charge on any atom is -0.494 e. The number of benzene rings is 2. The van der Waals surface area contributed by atoms with Crippen molar-refractivity contribution in [3.63, 3.8) is 0 Å². The monoisotopic (exact) mass is 381 g/mol. The number of carbonyl (C=O) groups excluding carboxylic acids is 1. The van der Waals surface area contributed by atoms with E-state index < -0.39 is 0 Å². The van der Waals surface area contributed by atoms with Crippen molar-refractivity contribution in [2.45, 2.75) is 44.2 Å². The number of hydrogen-bond donors (Lipinski definition) is 1. The molecule has 2 aromatic carbocycles.